The van der Waals surface area contributed by atoms with Gasteiger partial charge in [-0.05, 0) is 61.2 Å². The predicted molar refractivity (Wildman–Crippen MR) is 94.9 cm³/mol. The Morgan fingerprint density at radius 3 is 2.92 bits per heavy atom. The second kappa shape index (κ2) is 5.64. The topological polar surface area (TPSA) is 49.4 Å². The number of nitrogens with one attached hydrogen (secondary N) is 1. The van der Waals surface area contributed by atoms with Gasteiger partial charge in [-0.3, -0.25) is 9.59 Å². The second-order valence-electron chi connectivity index (χ2n) is 6.35. The molecule has 24 heavy (non-hydrogen) atoms. The highest BCUT2D eigenvalue weighted by Gasteiger charge is 2.37. The number of benzene rings is 2. The van der Waals surface area contributed by atoms with Crippen molar-refractivity contribution in [3.8, 4) is 0 Å². The van der Waals surface area contributed by atoms with Crippen LogP contribution in [0.1, 0.15) is 40.7 Å². The molecule has 0 fully saturated rings. The molecular weight excluding hydrogens is 324 g/mol. The summed E-state index contributed by atoms with van der Waals surface area (Å²) in [5, 5.41) is 3.47. The van der Waals surface area contributed by atoms with E-state index in [0.717, 1.165) is 41.9 Å². The number of carbonyl (C=O) groups is 2. The molecule has 122 valence electrons. The molecule has 1 unspecified atom stereocenters. The lowest BCUT2D eigenvalue weighted by Crippen LogP contribution is -2.32. The first-order valence-electron chi connectivity index (χ1n) is 8.09. The number of aryl methyl sites for hydroxylation is 1. The van der Waals surface area contributed by atoms with E-state index in [-0.39, 0.29) is 17.7 Å². The van der Waals surface area contributed by atoms with E-state index in [9.17, 15) is 9.59 Å². The first-order chi connectivity index (χ1) is 11.5. The van der Waals surface area contributed by atoms with Gasteiger partial charge in [-0.1, -0.05) is 17.7 Å². The zero-order chi connectivity index (χ0) is 16.8. The van der Waals surface area contributed by atoms with Crippen LogP contribution >= 0.6 is 11.6 Å². The highest BCUT2D eigenvalue weighted by atomic mass is 35.5. The summed E-state index contributed by atoms with van der Waals surface area (Å²) in [6.07, 6.45) is 1.89. The van der Waals surface area contributed by atoms with Crippen LogP contribution in [0, 0.1) is 0 Å². The summed E-state index contributed by atoms with van der Waals surface area (Å²) in [5.74, 6) is -0.196. The quantitative estimate of drug-likeness (QED) is 0.898. The van der Waals surface area contributed by atoms with E-state index in [1.165, 1.54) is 0 Å². The number of amides is 2. The third-order valence-electron chi connectivity index (χ3n) is 4.76. The zero-order valence-electron chi connectivity index (χ0n) is 13.3. The molecule has 0 bridgehead atoms. The minimum atomic E-state index is -0.200. The van der Waals surface area contributed by atoms with Gasteiger partial charge in [-0.25, -0.2) is 0 Å². The van der Waals surface area contributed by atoms with Gasteiger partial charge in [0.2, 0.25) is 5.91 Å². The third kappa shape index (κ3) is 2.38. The molecular formula is C19H17ClN2O2. The van der Waals surface area contributed by atoms with E-state index >= 15 is 0 Å². The predicted octanol–water partition coefficient (Wildman–Crippen LogP) is 3.99. The second-order valence-corrected chi connectivity index (χ2v) is 6.79. The van der Waals surface area contributed by atoms with Gasteiger partial charge in [0.25, 0.3) is 5.91 Å². The number of halogens is 1. The normalized spacial score (nSPS) is 18.5. The van der Waals surface area contributed by atoms with E-state index in [4.69, 9.17) is 11.6 Å². The molecule has 0 radical (unpaired) electrons. The molecule has 2 amide bonds. The van der Waals surface area contributed by atoms with Crippen molar-refractivity contribution in [2.24, 2.45) is 0 Å². The number of anilines is 2. The Morgan fingerprint density at radius 2 is 2.12 bits per heavy atom. The molecule has 4 nitrogen and oxygen atoms in total. The van der Waals surface area contributed by atoms with Gasteiger partial charge in [0.1, 0.15) is 0 Å². The lowest BCUT2D eigenvalue weighted by atomic mass is 9.96. The smallest absolute Gasteiger partial charge is 0.255 e. The summed E-state index contributed by atoms with van der Waals surface area (Å²) < 4.78 is 0. The van der Waals surface area contributed by atoms with Crippen LogP contribution in [0.25, 0.3) is 0 Å². The maximum absolute atomic E-state index is 12.4. The maximum atomic E-state index is 12.4. The first kappa shape index (κ1) is 15.2. The average molecular weight is 341 g/mol. The lowest BCUT2D eigenvalue weighted by Gasteiger charge is -2.26. The minimum Gasteiger partial charge on any atom is -0.322 e. The van der Waals surface area contributed by atoms with Crippen molar-refractivity contribution in [3.63, 3.8) is 0 Å². The van der Waals surface area contributed by atoms with E-state index in [0.29, 0.717) is 10.6 Å². The van der Waals surface area contributed by atoms with Crippen molar-refractivity contribution >= 4 is 34.8 Å². The molecule has 5 heteroatoms. The fourth-order valence-electron chi connectivity index (χ4n) is 3.60. The molecule has 2 aromatic carbocycles. The van der Waals surface area contributed by atoms with Crippen LogP contribution in [0.5, 0.6) is 0 Å². The number of hydrogen-bond acceptors (Lipinski definition) is 2. The van der Waals surface area contributed by atoms with Crippen molar-refractivity contribution in [3.05, 3.63) is 58.1 Å². The van der Waals surface area contributed by atoms with E-state index < -0.39 is 0 Å². The molecule has 2 aliphatic heterocycles. The summed E-state index contributed by atoms with van der Waals surface area (Å²) >= 11 is 5.95. The first-order valence-corrected chi connectivity index (χ1v) is 8.47. The molecule has 1 N–H and O–H groups in total. The Morgan fingerprint density at radius 1 is 1.29 bits per heavy atom. The Balaban J connectivity index is 1.69. The minimum absolute atomic E-state index is 0.153. The Labute approximate surface area is 145 Å². The maximum Gasteiger partial charge on any atom is 0.255 e. The van der Waals surface area contributed by atoms with Crippen LogP contribution in [0.3, 0.4) is 0 Å². The van der Waals surface area contributed by atoms with E-state index in [1.54, 1.807) is 24.3 Å². The highest BCUT2D eigenvalue weighted by molar-refractivity contribution is 6.31. The number of carbonyl (C=O) groups excluding carboxylic acids is 2. The number of hydrogen-bond donors (Lipinski definition) is 1. The molecule has 0 aliphatic carbocycles. The summed E-state index contributed by atoms with van der Waals surface area (Å²) in [5.41, 5.74) is 4.45. The van der Waals surface area contributed by atoms with Gasteiger partial charge in [0.15, 0.2) is 0 Å². The molecule has 0 saturated carbocycles. The van der Waals surface area contributed by atoms with Gasteiger partial charge >= 0.3 is 0 Å². The lowest BCUT2D eigenvalue weighted by molar-refractivity contribution is -0.119. The van der Waals surface area contributed by atoms with Gasteiger partial charge in [-0.15, -0.1) is 0 Å². The van der Waals surface area contributed by atoms with Crippen LogP contribution in [-0.2, 0) is 11.2 Å². The molecule has 1 atom stereocenters. The number of nitrogens with zero attached hydrogens (tertiary/aromatic N) is 1. The summed E-state index contributed by atoms with van der Waals surface area (Å²) in [6, 6.07) is 10.8. The van der Waals surface area contributed by atoms with Crippen LogP contribution in [-0.4, -0.2) is 18.4 Å². The van der Waals surface area contributed by atoms with Crippen LogP contribution in [0.15, 0.2) is 36.4 Å². The monoisotopic (exact) mass is 340 g/mol. The largest absolute Gasteiger partial charge is 0.322 e. The molecule has 0 saturated heterocycles. The van der Waals surface area contributed by atoms with Crippen molar-refractivity contribution in [1.82, 2.24) is 0 Å². The van der Waals surface area contributed by atoms with Crippen LogP contribution in [0.4, 0.5) is 11.4 Å². The molecule has 2 aromatic rings. The standard InChI is InChI=1S/C19H17ClN2O2/c1-11-16-10-15(21-18(23)13-4-2-6-14(20)8-13)9-12-5-3-7-22(17(12)16)19(11)24/h2,4,6,8-11H,3,5,7H2,1H3,(H,21,23). The Bertz CT molecular complexity index is 862. The third-order valence-corrected chi connectivity index (χ3v) is 5.00. The van der Waals surface area contributed by atoms with E-state index in [2.05, 4.69) is 5.32 Å². The summed E-state index contributed by atoms with van der Waals surface area (Å²) in [7, 11) is 0. The van der Waals surface area contributed by atoms with Crippen LogP contribution < -0.4 is 10.2 Å². The van der Waals surface area contributed by atoms with Gasteiger partial charge in [-0.2, -0.15) is 0 Å². The zero-order valence-corrected chi connectivity index (χ0v) is 14.1. The molecule has 4 rings (SSSR count). The Hall–Kier alpha value is -2.33. The fourth-order valence-corrected chi connectivity index (χ4v) is 3.79. The molecule has 0 spiro atoms. The number of rotatable bonds is 2. The van der Waals surface area contributed by atoms with Gasteiger partial charge < -0.3 is 10.2 Å². The van der Waals surface area contributed by atoms with Crippen molar-refractivity contribution < 1.29 is 9.59 Å². The van der Waals surface area contributed by atoms with Gasteiger partial charge in [0, 0.05) is 22.8 Å². The summed E-state index contributed by atoms with van der Waals surface area (Å²) in [4.78, 5) is 26.7. The highest BCUT2D eigenvalue weighted by Crippen LogP contribution is 2.44. The van der Waals surface area contributed by atoms with Crippen molar-refractivity contribution in [2.75, 3.05) is 16.8 Å². The summed E-state index contributed by atoms with van der Waals surface area (Å²) in [6.45, 7) is 2.72. The van der Waals surface area contributed by atoms with E-state index in [1.807, 2.05) is 24.0 Å². The van der Waals surface area contributed by atoms with Crippen LogP contribution in [0.2, 0.25) is 5.02 Å². The average Bonchev–Trinajstić information content (AvgIpc) is 2.82. The molecule has 2 aliphatic rings. The van der Waals surface area contributed by atoms with Crippen molar-refractivity contribution in [1.29, 1.82) is 0 Å². The molecule has 2 heterocycles. The van der Waals surface area contributed by atoms with Crippen molar-refractivity contribution in [2.45, 2.75) is 25.7 Å². The van der Waals surface area contributed by atoms with Gasteiger partial charge in [0.05, 0.1) is 11.6 Å². The SMILES string of the molecule is CC1C(=O)N2CCCc3cc(NC(=O)c4cccc(Cl)c4)cc1c32. The fraction of sp³-hybridized carbons (Fsp3) is 0.263. The Kier molecular flexibility index (Phi) is 3.57. The molecule has 0 aromatic heterocycles.